The normalized spacial score (nSPS) is 11.0. The Bertz CT molecular complexity index is 315. The van der Waals surface area contributed by atoms with Gasteiger partial charge in [-0.2, -0.15) is 8.42 Å². The Kier molecular flexibility index (Phi) is 2.14. The Labute approximate surface area is 65.7 Å². The Morgan fingerprint density at radius 1 is 1.36 bits per heavy atom. The van der Waals surface area contributed by atoms with E-state index in [2.05, 4.69) is 10.2 Å². The van der Waals surface area contributed by atoms with Crippen LogP contribution in [0.3, 0.4) is 0 Å². The van der Waals surface area contributed by atoms with Crippen LogP contribution < -0.4 is 4.18 Å². The van der Waals surface area contributed by atoms with Gasteiger partial charge >= 0.3 is 10.1 Å². The third kappa shape index (κ3) is 3.04. The van der Waals surface area contributed by atoms with Crippen molar-refractivity contribution in [1.29, 1.82) is 0 Å². The number of hydrogen-bond donors (Lipinski definition) is 0. The lowest BCUT2D eigenvalue weighted by Gasteiger charge is -1.99. The van der Waals surface area contributed by atoms with E-state index in [1.165, 1.54) is 12.1 Å². The molecule has 0 atom stereocenters. The molecular weight excluding hydrogens is 164 g/mol. The molecule has 1 aromatic rings. The number of hydrogen-bond acceptors (Lipinski definition) is 3. The van der Waals surface area contributed by atoms with Gasteiger partial charge in [0.15, 0.2) is 0 Å². The predicted octanol–water partition coefficient (Wildman–Crippen LogP) is 0.825. The van der Waals surface area contributed by atoms with Crippen molar-refractivity contribution < 1.29 is 12.6 Å². The molecule has 0 aliphatic rings. The van der Waals surface area contributed by atoms with Crippen molar-refractivity contribution in [3.63, 3.8) is 0 Å². The largest absolute Gasteiger partial charge is 0.383 e. The topological polar surface area (TPSA) is 43.4 Å². The summed E-state index contributed by atoms with van der Waals surface area (Å²) in [5, 5.41) is 0. The monoisotopic (exact) mass is 171 g/mol. The van der Waals surface area contributed by atoms with Gasteiger partial charge < -0.3 is 4.18 Å². The van der Waals surface area contributed by atoms with Crippen LogP contribution in [0.1, 0.15) is 0 Å². The summed E-state index contributed by atoms with van der Waals surface area (Å²) in [6.45, 7) is 0. The molecule has 0 aliphatic heterocycles. The van der Waals surface area contributed by atoms with E-state index in [9.17, 15) is 8.42 Å². The maximum Gasteiger partial charge on any atom is 0.306 e. The first-order chi connectivity index (χ1) is 5.08. The molecule has 59 valence electrons. The molecule has 0 unspecified atom stereocenters. The molecule has 0 heterocycles. The summed E-state index contributed by atoms with van der Waals surface area (Å²) in [4.78, 5) is 0. The highest BCUT2D eigenvalue weighted by Gasteiger charge is 2.01. The molecular formula is C7H7O3S. The van der Waals surface area contributed by atoms with E-state index in [0.29, 0.717) is 5.75 Å². The van der Waals surface area contributed by atoms with Crippen LogP contribution in [0.4, 0.5) is 0 Å². The van der Waals surface area contributed by atoms with Crippen molar-refractivity contribution in [3.05, 3.63) is 30.3 Å². The first-order valence-electron chi connectivity index (χ1n) is 2.93. The lowest BCUT2D eigenvalue weighted by Crippen LogP contribution is -2.05. The molecule has 0 bridgehead atoms. The fraction of sp³-hybridized carbons (Fsp3) is 0.143. The standard InChI is InChI=1S/C7H7O3S/c1-11(8,9)10-7-5-3-2-4-6-7/h3-6H,1H3. The van der Waals surface area contributed by atoms with Crippen LogP contribution >= 0.6 is 0 Å². The second kappa shape index (κ2) is 2.92. The fourth-order valence-corrected chi connectivity index (χ4v) is 1.06. The lowest BCUT2D eigenvalue weighted by atomic mass is 10.3. The van der Waals surface area contributed by atoms with Gasteiger partial charge in [0.2, 0.25) is 0 Å². The average molecular weight is 171 g/mol. The molecule has 0 aromatic heterocycles. The minimum atomic E-state index is -3.39. The van der Waals surface area contributed by atoms with E-state index >= 15 is 0 Å². The van der Waals surface area contributed by atoms with Crippen LogP contribution in [0.2, 0.25) is 0 Å². The third-order valence-electron chi connectivity index (χ3n) is 0.935. The molecule has 3 nitrogen and oxygen atoms in total. The van der Waals surface area contributed by atoms with Gasteiger partial charge in [-0.05, 0) is 18.2 Å². The Hall–Kier alpha value is -1.03. The minimum absolute atomic E-state index is 0.311. The molecule has 0 aliphatic carbocycles. The van der Waals surface area contributed by atoms with Crippen molar-refractivity contribution in [1.82, 2.24) is 0 Å². The molecule has 11 heavy (non-hydrogen) atoms. The molecule has 0 saturated carbocycles. The van der Waals surface area contributed by atoms with E-state index in [1.54, 1.807) is 12.1 Å². The van der Waals surface area contributed by atoms with E-state index in [-0.39, 0.29) is 0 Å². The maximum atomic E-state index is 10.6. The predicted molar refractivity (Wildman–Crippen MR) is 40.7 cm³/mol. The van der Waals surface area contributed by atoms with Gasteiger partial charge in [-0.3, -0.25) is 0 Å². The molecule has 1 rings (SSSR count). The van der Waals surface area contributed by atoms with Crippen LogP contribution in [-0.4, -0.2) is 14.7 Å². The summed E-state index contributed by atoms with van der Waals surface area (Å²) in [6.07, 6.45) is 1.00. The molecule has 1 aromatic carbocycles. The molecule has 1 radical (unpaired) electrons. The Morgan fingerprint density at radius 2 is 1.91 bits per heavy atom. The Morgan fingerprint density at radius 3 is 2.36 bits per heavy atom. The van der Waals surface area contributed by atoms with Gasteiger partial charge in [-0.1, -0.05) is 12.1 Å². The van der Waals surface area contributed by atoms with Gasteiger partial charge in [-0.25, -0.2) is 0 Å². The highest BCUT2D eigenvalue weighted by atomic mass is 32.2. The highest BCUT2D eigenvalue weighted by Crippen LogP contribution is 2.09. The summed E-state index contributed by atoms with van der Waals surface area (Å²) in [7, 11) is -3.39. The second-order valence-corrected chi connectivity index (χ2v) is 3.60. The van der Waals surface area contributed by atoms with Crippen LogP contribution in [0, 0.1) is 6.07 Å². The van der Waals surface area contributed by atoms with Gasteiger partial charge in [0.05, 0.1) is 6.26 Å². The first kappa shape index (κ1) is 8.07. The SMILES string of the molecule is CS(=O)(=O)Oc1cc[c]cc1. The molecule has 0 spiro atoms. The number of benzene rings is 1. The summed E-state index contributed by atoms with van der Waals surface area (Å²) in [5.41, 5.74) is 0. The third-order valence-corrected chi connectivity index (χ3v) is 1.43. The molecule has 0 amide bonds. The maximum absolute atomic E-state index is 10.6. The minimum Gasteiger partial charge on any atom is -0.383 e. The van der Waals surface area contributed by atoms with Crippen LogP contribution in [0.5, 0.6) is 5.75 Å². The van der Waals surface area contributed by atoms with E-state index < -0.39 is 10.1 Å². The van der Waals surface area contributed by atoms with Crippen LogP contribution in [0.15, 0.2) is 24.3 Å². The van der Waals surface area contributed by atoms with Gasteiger partial charge in [0.1, 0.15) is 5.75 Å². The smallest absolute Gasteiger partial charge is 0.306 e. The molecule has 0 fully saturated rings. The van der Waals surface area contributed by atoms with E-state index in [0.717, 1.165) is 6.26 Å². The molecule has 0 N–H and O–H groups in total. The van der Waals surface area contributed by atoms with Crippen molar-refractivity contribution in [3.8, 4) is 5.75 Å². The van der Waals surface area contributed by atoms with Gasteiger partial charge in [-0.15, -0.1) is 0 Å². The first-order valence-corrected chi connectivity index (χ1v) is 4.75. The molecule has 4 heteroatoms. The van der Waals surface area contributed by atoms with Gasteiger partial charge in [0.25, 0.3) is 0 Å². The fourth-order valence-electron chi connectivity index (χ4n) is 0.602. The van der Waals surface area contributed by atoms with Crippen molar-refractivity contribution >= 4 is 10.1 Å². The quantitative estimate of drug-likeness (QED) is 0.619. The van der Waals surface area contributed by atoms with Crippen molar-refractivity contribution in [2.24, 2.45) is 0 Å². The summed E-state index contributed by atoms with van der Waals surface area (Å²) in [6, 6.07) is 8.97. The summed E-state index contributed by atoms with van der Waals surface area (Å²) >= 11 is 0. The Balaban J connectivity index is 2.82. The zero-order valence-electron chi connectivity index (χ0n) is 5.94. The van der Waals surface area contributed by atoms with Crippen molar-refractivity contribution in [2.45, 2.75) is 0 Å². The highest BCUT2D eigenvalue weighted by molar-refractivity contribution is 7.86. The number of rotatable bonds is 2. The van der Waals surface area contributed by atoms with Crippen LogP contribution in [0.25, 0.3) is 0 Å². The van der Waals surface area contributed by atoms with E-state index in [4.69, 9.17) is 0 Å². The lowest BCUT2D eigenvalue weighted by molar-refractivity contribution is 0.493. The summed E-state index contributed by atoms with van der Waals surface area (Å²) in [5.74, 6) is 0.311. The van der Waals surface area contributed by atoms with Gasteiger partial charge in [0, 0.05) is 0 Å². The molecule has 0 saturated heterocycles. The van der Waals surface area contributed by atoms with Crippen LogP contribution in [-0.2, 0) is 10.1 Å². The van der Waals surface area contributed by atoms with Crippen molar-refractivity contribution in [2.75, 3.05) is 6.26 Å². The zero-order chi connectivity index (χ0) is 8.32. The van der Waals surface area contributed by atoms with E-state index in [1.807, 2.05) is 0 Å². The second-order valence-electron chi connectivity index (χ2n) is 2.02. The zero-order valence-corrected chi connectivity index (χ0v) is 6.76. The summed E-state index contributed by atoms with van der Waals surface area (Å²) < 4.78 is 25.7. The average Bonchev–Trinajstić information content (AvgIpc) is 1.85.